The maximum atomic E-state index is 6.66. The molecule has 18 heavy (non-hydrogen) atoms. The van der Waals surface area contributed by atoms with Crippen molar-refractivity contribution in [3.63, 3.8) is 0 Å². The van der Waals surface area contributed by atoms with Crippen LogP contribution in [0.15, 0.2) is 24.3 Å². The van der Waals surface area contributed by atoms with Crippen LogP contribution in [0.3, 0.4) is 0 Å². The van der Waals surface area contributed by atoms with Crippen LogP contribution in [0.2, 0.25) is 5.02 Å². The van der Waals surface area contributed by atoms with Crippen LogP contribution >= 0.6 is 11.6 Å². The summed E-state index contributed by atoms with van der Waals surface area (Å²) in [5.74, 6) is 0.706. The van der Waals surface area contributed by atoms with Gasteiger partial charge < -0.3 is 5.73 Å². The molecule has 1 aromatic rings. The highest BCUT2D eigenvalue weighted by Crippen LogP contribution is 2.44. The second-order valence-corrected chi connectivity index (χ2v) is 7.46. The Labute approximate surface area is 116 Å². The third-order valence-corrected chi connectivity index (χ3v) is 4.17. The number of halogens is 1. The molecule has 1 aliphatic carbocycles. The lowest BCUT2D eigenvalue weighted by Gasteiger charge is -2.46. The van der Waals surface area contributed by atoms with Gasteiger partial charge in [0, 0.05) is 10.6 Å². The molecule has 1 fully saturated rings. The Hall–Kier alpha value is -0.530. The molecule has 1 aliphatic rings. The van der Waals surface area contributed by atoms with Gasteiger partial charge in [0.25, 0.3) is 0 Å². The summed E-state index contributed by atoms with van der Waals surface area (Å²) in [4.78, 5) is 0. The normalized spacial score (nSPS) is 31.3. The van der Waals surface area contributed by atoms with Gasteiger partial charge in [0.1, 0.15) is 0 Å². The molecule has 0 amide bonds. The van der Waals surface area contributed by atoms with Crippen molar-refractivity contribution in [1.29, 1.82) is 0 Å². The number of rotatable bonds is 2. The fourth-order valence-electron chi connectivity index (χ4n) is 4.00. The van der Waals surface area contributed by atoms with Gasteiger partial charge in [-0.2, -0.15) is 0 Å². The van der Waals surface area contributed by atoms with E-state index in [2.05, 4.69) is 26.8 Å². The molecule has 100 valence electrons. The minimum absolute atomic E-state index is 0.0775. The molecule has 2 unspecified atom stereocenters. The van der Waals surface area contributed by atoms with Crippen molar-refractivity contribution >= 4 is 11.6 Å². The molecular weight excluding hydrogens is 242 g/mol. The van der Waals surface area contributed by atoms with Crippen LogP contribution in [0.25, 0.3) is 0 Å². The molecule has 2 heteroatoms. The highest BCUT2D eigenvalue weighted by molar-refractivity contribution is 6.30. The van der Waals surface area contributed by atoms with E-state index < -0.39 is 0 Å². The summed E-state index contributed by atoms with van der Waals surface area (Å²) in [5, 5.41) is 0.805. The van der Waals surface area contributed by atoms with Gasteiger partial charge in [-0.15, -0.1) is 0 Å². The predicted molar refractivity (Wildman–Crippen MR) is 78.9 cm³/mol. The van der Waals surface area contributed by atoms with E-state index in [1.54, 1.807) is 0 Å². The van der Waals surface area contributed by atoms with Crippen molar-refractivity contribution in [3.05, 3.63) is 34.9 Å². The average molecular weight is 266 g/mol. The zero-order valence-corrected chi connectivity index (χ0v) is 12.4. The summed E-state index contributed by atoms with van der Waals surface area (Å²) >= 11 is 6.05. The van der Waals surface area contributed by atoms with Crippen molar-refractivity contribution < 1.29 is 0 Å². The van der Waals surface area contributed by atoms with Gasteiger partial charge in [0.05, 0.1) is 0 Å². The fourth-order valence-corrected chi connectivity index (χ4v) is 4.21. The van der Waals surface area contributed by atoms with Gasteiger partial charge in [0.15, 0.2) is 0 Å². The van der Waals surface area contributed by atoms with E-state index in [9.17, 15) is 0 Å². The quantitative estimate of drug-likeness (QED) is 0.841. The molecule has 2 N–H and O–H groups in total. The Bertz CT molecular complexity index is 427. The van der Waals surface area contributed by atoms with E-state index in [1.165, 1.54) is 12.0 Å². The molecule has 0 radical (unpaired) electrons. The van der Waals surface area contributed by atoms with Crippen molar-refractivity contribution in [1.82, 2.24) is 0 Å². The Morgan fingerprint density at radius 3 is 2.67 bits per heavy atom. The first-order valence-electron chi connectivity index (χ1n) is 6.81. The SMILES string of the molecule is CC1CC(C)(C)CC(N)(Cc2cccc(Cl)c2)C1. The topological polar surface area (TPSA) is 26.0 Å². The fraction of sp³-hybridized carbons (Fsp3) is 0.625. The molecule has 0 aliphatic heterocycles. The van der Waals surface area contributed by atoms with E-state index in [0.717, 1.165) is 24.3 Å². The summed E-state index contributed by atoms with van der Waals surface area (Å²) in [5.41, 5.74) is 8.20. The molecule has 0 spiro atoms. The van der Waals surface area contributed by atoms with Gasteiger partial charge in [-0.1, -0.05) is 44.5 Å². The highest BCUT2D eigenvalue weighted by Gasteiger charge is 2.40. The van der Waals surface area contributed by atoms with Gasteiger partial charge in [-0.05, 0) is 54.7 Å². The zero-order valence-electron chi connectivity index (χ0n) is 11.7. The molecule has 0 bridgehead atoms. The maximum Gasteiger partial charge on any atom is 0.0408 e. The van der Waals surface area contributed by atoms with E-state index in [1.807, 2.05) is 18.2 Å². The van der Waals surface area contributed by atoms with Crippen LogP contribution in [-0.2, 0) is 6.42 Å². The van der Waals surface area contributed by atoms with Crippen molar-refractivity contribution in [2.45, 2.75) is 52.0 Å². The monoisotopic (exact) mass is 265 g/mol. The standard InChI is InChI=1S/C16H24ClN/c1-12-8-15(2,3)11-16(18,9-12)10-13-5-4-6-14(17)7-13/h4-7,12H,8-11,18H2,1-3H3. The first kappa shape index (κ1) is 13.9. The first-order valence-corrected chi connectivity index (χ1v) is 7.19. The lowest BCUT2D eigenvalue weighted by atomic mass is 9.63. The first-order chi connectivity index (χ1) is 8.28. The summed E-state index contributed by atoms with van der Waals surface area (Å²) in [6, 6.07) is 8.11. The van der Waals surface area contributed by atoms with Gasteiger partial charge >= 0.3 is 0 Å². The van der Waals surface area contributed by atoms with Crippen molar-refractivity contribution in [2.75, 3.05) is 0 Å². The smallest absolute Gasteiger partial charge is 0.0408 e. The number of benzene rings is 1. The van der Waals surface area contributed by atoms with E-state index in [-0.39, 0.29) is 5.54 Å². The summed E-state index contributed by atoms with van der Waals surface area (Å²) < 4.78 is 0. The summed E-state index contributed by atoms with van der Waals surface area (Å²) in [6.45, 7) is 6.99. The zero-order chi connectivity index (χ0) is 13.4. The molecule has 1 nitrogen and oxygen atoms in total. The van der Waals surface area contributed by atoms with Gasteiger partial charge in [0.2, 0.25) is 0 Å². The number of hydrogen-bond acceptors (Lipinski definition) is 1. The number of hydrogen-bond donors (Lipinski definition) is 1. The molecule has 2 rings (SSSR count). The van der Waals surface area contributed by atoms with E-state index in [4.69, 9.17) is 17.3 Å². The second-order valence-electron chi connectivity index (χ2n) is 7.02. The minimum atomic E-state index is -0.0775. The van der Waals surface area contributed by atoms with Crippen LogP contribution in [-0.4, -0.2) is 5.54 Å². The summed E-state index contributed by atoms with van der Waals surface area (Å²) in [6.07, 6.45) is 4.42. The molecule has 0 saturated heterocycles. The molecule has 0 heterocycles. The van der Waals surface area contributed by atoms with Crippen molar-refractivity contribution in [3.8, 4) is 0 Å². The molecule has 1 aromatic carbocycles. The van der Waals surface area contributed by atoms with Crippen LogP contribution in [0.4, 0.5) is 0 Å². The average Bonchev–Trinajstić information content (AvgIpc) is 2.11. The van der Waals surface area contributed by atoms with E-state index >= 15 is 0 Å². The molecular formula is C16H24ClN. The lowest BCUT2D eigenvalue weighted by Crippen LogP contribution is -2.50. The molecule has 2 atom stereocenters. The Balaban J connectivity index is 2.16. The minimum Gasteiger partial charge on any atom is -0.325 e. The van der Waals surface area contributed by atoms with Gasteiger partial charge in [-0.25, -0.2) is 0 Å². The van der Waals surface area contributed by atoms with E-state index in [0.29, 0.717) is 11.3 Å². The largest absolute Gasteiger partial charge is 0.325 e. The van der Waals surface area contributed by atoms with Crippen molar-refractivity contribution in [2.24, 2.45) is 17.1 Å². The molecule has 0 aromatic heterocycles. The summed E-state index contributed by atoms with van der Waals surface area (Å²) in [7, 11) is 0. The Morgan fingerprint density at radius 1 is 1.33 bits per heavy atom. The predicted octanol–water partition coefficient (Wildman–Crippen LogP) is 4.43. The Morgan fingerprint density at radius 2 is 2.06 bits per heavy atom. The lowest BCUT2D eigenvalue weighted by molar-refractivity contribution is 0.108. The molecule has 1 saturated carbocycles. The second kappa shape index (κ2) is 4.86. The van der Waals surface area contributed by atoms with Crippen LogP contribution in [0, 0.1) is 11.3 Å². The number of nitrogens with two attached hydrogens (primary N) is 1. The maximum absolute atomic E-state index is 6.66. The Kier molecular flexibility index (Phi) is 3.75. The highest BCUT2D eigenvalue weighted by atomic mass is 35.5. The third-order valence-electron chi connectivity index (χ3n) is 3.93. The van der Waals surface area contributed by atoms with Crippen LogP contribution in [0.5, 0.6) is 0 Å². The van der Waals surface area contributed by atoms with Crippen LogP contribution in [0.1, 0.15) is 45.6 Å². The third kappa shape index (κ3) is 3.49. The van der Waals surface area contributed by atoms with Crippen LogP contribution < -0.4 is 5.73 Å². The van der Waals surface area contributed by atoms with Gasteiger partial charge in [-0.3, -0.25) is 0 Å².